The fourth-order valence-corrected chi connectivity index (χ4v) is 1.88. The fourth-order valence-electron chi connectivity index (χ4n) is 1.88. The van der Waals surface area contributed by atoms with E-state index in [-0.39, 0.29) is 11.9 Å². The first kappa shape index (κ1) is 12.0. The second-order valence-electron chi connectivity index (χ2n) is 4.31. The monoisotopic (exact) mass is 214 g/mol. The first-order valence-corrected chi connectivity index (χ1v) is 5.06. The minimum Gasteiger partial charge on any atom is -0.481 e. The molecule has 2 atom stereocenters. The highest BCUT2D eigenvalue weighted by atomic mass is 16.4. The molecule has 5 heteroatoms. The van der Waals surface area contributed by atoms with E-state index in [0.717, 1.165) is 0 Å². The number of aliphatic carboxylic acids is 1. The average Bonchev–Trinajstić information content (AvgIpc) is 2.16. The lowest BCUT2D eigenvalue weighted by atomic mass is 9.93. The Kier molecular flexibility index (Phi) is 3.68. The summed E-state index contributed by atoms with van der Waals surface area (Å²) in [6.07, 6.45) is 0.617. The van der Waals surface area contributed by atoms with Crippen LogP contribution in [-0.4, -0.2) is 60.0 Å². The van der Waals surface area contributed by atoms with Gasteiger partial charge in [0.15, 0.2) is 0 Å². The third kappa shape index (κ3) is 2.92. The van der Waals surface area contributed by atoms with E-state index in [1.165, 1.54) is 6.92 Å². The van der Waals surface area contributed by atoms with Gasteiger partial charge in [-0.1, -0.05) is 0 Å². The van der Waals surface area contributed by atoms with Crippen molar-refractivity contribution in [3.05, 3.63) is 0 Å². The number of amides is 1. The van der Waals surface area contributed by atoms with Crippen molar-refractivity contribution in [2.75, 3.05) is 27.2 Å². The van der Waals surface area contributed by atoms with Crippen LogP contribution in [0.3, 0.4) is 0 Å². The zero-order valence-corrected chi connectivity index (χ0v) is 9.43. The fraction of sp³-hybridized carbons (Fsp3) is 0.800. The topological polar surface area (TPSA) is 60.9 Å². The molecule has 0 bridgehead atoms. The number of likely N-dealkylation sites (tertiary alicyclic amines) is 1. The predicted octanol–water partition coefficient (Wildman–Crippen LogP) is -0.130. The maximum Gasteiger partial charge on any atom is 0.308 e. The number of carbonyl (C=O) groups excluding carboxylic acids is 1. The summed E-state index contributed by atoms with van der Waals surface area (Å²) < 4.78 is 0. The zero-order valence-electron chi connectivity index (χ0n) is 9.43. The van der Waals surface area contributed by atoms with Crippen molar-refractivity contribution in [2.24, 2.45) is 5.92 Å². The first-order chi connectivity index (χ1) is 6.91. The highest BCUT2D eigenvalue weighted by molar-refractivity contribution is 5.76. The summed E-state index contributed by atoms with van der Waals surface area (Å²) in [6.45, 7) is 2.46. The average molecular weight is 214 g/mol. The Morgan fingerprint density at radius 1 is 1.33 bits per heavy atom. The quantitative estimate of drug-likeness (QED) is 0.695. The van der Waals surface area contributed by atoms with E-state index in [1.54, 1.807) is 4.90 Å². The molecular weight excluding hydrogens is 196 g/mol. The molecule has 5 nitrogen and oxygen atoms in total. The molecule has 1 rings (SSSR count). The minimum absolute atomic E-state index is 0.0483. The Balaban J connectivity index is 2.72. The Hall–Kier alpha value is -1.10. The highest BCUT2D eigenvalue weighted by Gasteiger charge is 2.33. The zero-order chi connectivity index (χ0) is 11.6. The molecule has 0 aromatic carbocycles. The summed E-state index contributed by atoms with van der Waals surface area (Å²) in [5, 5.41) is 8.98. The number of carboxylic acid groups (broad SMARTS) is 1. The maximum absolute atomic E-state index is 11.2. The van der Waals surface area contributed by atoms with E-state index in [0.29, 0.717) is 19.5 Å². The highest BCUT2D eigenvalue weighted by Crippen LogP contribution is 2.19. The van der Waals surface area contributed by atoms with Gasteiger partial charge in [0.1, 0.15) is 0 Å². The molecular formula is C10H18N2O3. The van der Waals surface area contributed by atoms with E-state index in [2.05, 4.69) is 0 Å². The molecule has 0 radical (unpaired) electrons. The number of carbonyl (C=O) groups is 2. The van der Waals surface area contributed by atoms with Crippen LogP contribution in [0.15, 0.2) is 0 Å². The molecule has 1 fully saturated rings. The van der Waals surface area contributed by atoms with Gasteiger partial charge in [-0.05, 0) is 20.5 Å². The minimum atomic E-state index is -0.812. The van der Waals surface area contributed by atoms with E-state index in [4.69, 9.17) is 5.11 Å². The van der Waals surface area contributed by atoms with Gasteiger partial charge in [-0.3, -0.25) is 9.59 Å². The predicted molar refractivity (Wildman–Crippen MR) is 55.5 cm³/mol. The van der Waals surface area contributed by atoms with Crippen molar-refractivity contribution < 1.29 is 14.7 Å². The van der Waals surface area contributed by atoms with Crippen molar-refractivity contribution in [2.45, 2.75) is 19.4 Å². The SMILES string of the molecule is CC(=O)N1CC(C(=O)O)CC(N(C)C)C1. The van der Waals surface area contributed by atoms with Crippen LogP contribution >= 0.6 is 0 Å². The summed E-state index contributed by atoms with van der Waals surface area (Å²) in [7, 11) is 3.82. The van der Waals surface area contributed by atoms with Gasteiger partial charge in [-0.25, -0.2) is 0 Å². The lowest BCUT2D eigenvalue weighted by Crippen LogP contribution is -2.51. The molecule has 0 saturated carbocycles. The van der Waals surface area contributed by atoms with Gasteiger partial charge in [0.2, 0.25) is 5.91 Å². The van der Waals surface area contributed by atoms with Crippen LogP contribution in [-0.2, 0) is 9.59 Å². The number of carboxylic acids is 1. The third-order valence-corrected chi connectivity index (χ3v) is 2.95. The first-order valence-electron chi connectivity index (χ1n) is 5.06. The second-order valence-corrected chi connectivity index (χ2v) is 4.31. The van der Waals surface area contributed by atoms with E-state index in [9.17, 15) is 9.59 Å². The Bertz CT molecular complexity index is 243. The molecule has 2 unspecified atom stereocenters. The molecule has 1 heterocycles. The van der Waals surface area contributed by atoms with Crippen molar-refractivity contribution in [3.63, 3.8) is 0 Å². The normalized spacial score (nSPS) is 26.8. The van der Waals surface area contributed by atoms with E-state index < -0.39 is 11.9 Å². The molecule has 0 aliphatic carbocycles. The molecule has 0 aromatic rings. The van der Waals surface area contributed by atoms with Gasteiger partial charge < -0.3 is 14.9 Å². The largest absolute Gasteiger partial charge is 0.481 e. The van der Waals surface area contributed by atoms with E-state index >= 15 is 0 Å². The molecule has 86 valence electrons. The molecule has 1 aliphatic rings. The van der Waals surface area contributed by atoms with Crippen LogP contribution in [0, 0.1) is 5.92 Å². The molecule has 1 amide bonds. The van der Waals surface area contributed by atoms with Gasteiger partial charge >= 0.3 is 5.97 Å². The molecule has 0 aromatic heterocycles. The molecule has 0 spiro atoms. The summed E-state index contributed by atoms with van der Waals surface area (Å²) in [6, 6.07) is 0.142. The van der Waals surface area contributed by atoms with Gasteiger partial charge in [0.25, 0.3) is 0 Å². The summed E-state index contributed by atoms with van der Waals surface area (Å²) in [5.74, 6) is -1.30. The van der Waals surface area contributed by atoms with Crippen LogP contribution in [0.4, 0.5) is 0 Å². The van der Waals surface area contributed by atoms with E-state index in [1.807, 2.05) is 19.0 Å². The number of rotatable bonds is 2. The van der Waals surface area contributed by atoms with Crippen molar-refractivity contribution in [1.29, 1.82) is 0 Å². The van der Waals surface area contributed by atoms with Crippen molar-refractivity contribution in [1.82, 2.24) is 9.80 Å². The molecule has 1 saturated heterocycles. The smallest absolute Gasteiger partial charge is 0.308 e. The number of hydrogen-bond donors (Lipinski definition) is 1. The lowest BCUT2D eigenvalue weighted by molar-refractivity contribution is -0.146. The Morgan fingerprint density at radius 2 is 1.93 bits per heavy atom. The van der Waals surface area contributed by atoms with Crippen molar-refractivity contribution in [3.8, 4) is 0 Å². The third-order valence-electron chi connectivity index (χ3n) is 2.95. The molecule has 15 heavy (non-hydrogen) atoms. The Labute approximate surface area is 89.7 Å². The summed E-state index contributed by atoms with van der Waals surface area (Å²) in [5.41, 5.74) is 0. The van der Waals surface area contributed by atoms with Gasteiger partial charge in [-0.15, -0.1) is 0 Å². The number of nitrogens with zero attached hydrogens (tertiary/aromatic N) is 2. The van der Waals surface area contributed by atoms with Gasteiger partial charge in [0, 0.05) is 26.1 Å². The van der Waals surface area contributed by atoms with Crippen LogP contribution in [0.5, 0.6) is 0 Å². The van der Waals surface area contributed by atoms with Crippen LogP contribution < -0.4 is 0 Å². The maximum atomic E-state index is 11.2. The van der Waals surface area contributed by atoms with Gasteiger partial charge in [0.05, 0.1) is 5.92 Å². The molecule has 1 aliphatic heterocycles. The Morgan fingerprint density at radius 3 is 2.33 bits per heavy atom. The number of likely N-dealkylation sites (N-methyl/N-ethyl adjacent to an activating group) is 1. The number of hydrogen-bond acceptors (Lipinski definition) is 3. The van der Waals surface area contributed by atoms with Crippen LogP contribution in [0.1, 0.15) is 13.3 Å². The van der Waals surface area contributed by atoms with Crippen LogP contribution in [0.2, 0.25) is 0 Å². The standard InChI is InChI=1S/C10H18N2O3/c1-7(13)12-5-8(10(14)15)4-9(6-12)11(2)3/h8-9H,4-6H2,1-3H3,(H,14,15). The van der Waals surface area contributed by atoms with Crippen molar-refractivity contribution >= 4 is 11.9 Å². The lowest BCUT2D eigenvalue weighted by Gasteiger charge is -2.38. The van der Waals surface area contributed by atoms with Crippen LogP contribution in [0.25, 0.3) is 0 Å². The number of piperidine rings is 1. The second kappa shape index (κ2) is 4.61. The molecule has 1 N–H and O–H groups in total. The summed E-state index contributed by atoms with van der Waals surface area (Å²) >= 11 is 0. The van der Waals surface area contributed by atoms with Gasteiger partial charge in [-0.2, -0.15) is 0 Å². The summed E-state index contributed by atoms with van der Waals surface area (Å²) in [4.78, 5) is 25.8.